The smallest absolute Gasteiger partial charge is 0.160 e. The highest BCUT2D eigenvalue weighted by Gasteiger charge is 2.40. The Morgan fingerprint density at radius 3 is 1.72 bits per heavy atom. The van der Waals surface area contributed by atoms with Gasteiger partial charge in [0.2, 0.25) is 0 Å². The van der Waals surface area contributed by atoms with Crippen LogP contribution < -0.4 is 0 Å². The molecule has 11 rings (SSSR count). The Morgan fingerprint density at radius 2 is 0.947 bits per heavy atom. The van der Waals surface area contributed by atoms with E-state index >= 15 is 0 Å². The zero-order valence-corrected chi connectivity index (χ0v) is 31.4. The number of para-hydroxylation sites is 2. The maximum Gasteiger partial charge on any atom is 0.160 e. The summed E-state index contributed by atoms with van der Waals surface area (Å²) in [4.78, 5) is 10.4. The van der Waals surface area contributed by atoms with Crippen LogP contribution in [0.2, 0.25) is 0 Å². The molecule has 0 saturated heterocycles. The van der Waals surface area contributed by atoms with Crippen LogP contribution in [0.25, 0.3) is 89.2 Å². The fourth-order valence-corrected chi connectivity index (χ4v) is 8.96. The van der Waals surface area contributed by atoms with E-state index in [-0.39, 0.29) is 5.41 Å². The van der Waals surface area contributed by atoms with Crippen LogP contribution in [0.15, 0.2) is 205 Å². The van der Waals surface area contributed by atoms with Crippen LogP contribution in [0, 0.1) is 0 Å². The topological polar surface area (TPSA) is 38.9 Å². The number of fused-ring (bicyclic) bond motifs is 6. The van der Waals surface area contributed by atoms with E-state index < -0.39 is 0 Å². The number of benzene rings is 8. The third-order valence-corrected chi connectivity index (χ3v) is 11.8. The fourth-order valence-electron chi connectivity index (χ4n) is 8.96. The van der Waals surface area contributed by atoms with Gasteiger partial charge in [0.15, 0.2) is 5.82 Å². The second-order valence-corrected chi connectivity index (χ2v) is 15.0. The third kappa shape index (κ3) is 5.35. The summed E-state index contributed by atoms with van der Waals surface area (Å²) in [7, 11) is 0. The minimum absolute atomic E-state index is 0.249. The number of rotatable bonds is 6. The number of furan rings is 1. The van der Waals surface area contributed by atoms with Gasteiger partial charge >= 0.3 is 0 Å². The van der Waals surface area contributed by atoms with Crippen LogP contribution >= 0.6 is 0 Å². The molecule has 0 radical (unpaired) electrons. The van der Waals surface area contributed by atoms with Crippen LogP contribution in [0.5, 0.6) is 0 Å². The SMILES string of the molecule is CC1(c2cccc(-c3ccc(-c4cc(-c5ccccc5-c5cccc6c5oc5ccccc56)nc(-c5ccccc5)n4)cc3)c2)c2ccccc2-c2ccccc21. The van der Waals surface area contributed by atoms with Crippen molar-refractivity contribution in [3.8, 4) is 67.3 Å². The van der Waals surface area contributed by atoms with Crippen molar-refractivity contribution in [3.63, 3.8) is 0 Å². The molecule has 0 spiro atoms. The molecule has 2 heterocycles. The Labute approximate surface area is 331 Å². The average molecular weight is 729 g/mol. The maximum absolute atomic E-state index is 6.50. The summed E-state index contributed by atoms with van der Waals surface area (Å²) in [5.74, 6) is 0.682. The molecule has 0 amide bonds. The molecule has 0 N–H and O–H groups in total. The molecule has 0 atom stereocenters. The highest BCUT2D eigenvalue weighted by atomic mass is 16.3. The summed E-state index contributed by atoms with van der Waals surface area (Å²) in [6, 6.07) is 71.0. The molecule has 3 nitrogen and oxygen atoms in total. The predicted octanol–water partition coefficient (Wildman–Crippen LogP) is 14.0. The lowest BCUT2D eigenvalue weighted by atomic mass is 9.74. The van der Waals surface area contributed by atoms with Crippen molar-refractivity contribution in [2.45, 2.75) is 12.3 Å². The zero-order chi connectivity index (χ0) is 37.9. The van der Waals surface area contributed by atoms with Gasteiger partial charge in [0.25, 0.3) is 0 Å². The predicted molar refractivity (Wildman–Crippen MR) is 234 cm³/mol. The van der Waals surface area contributed by atoms with Gasteiger partial charge in [-0.05, 0) is 69.6 Å². The first-order valence-electron chi connectivity index (χ1n) is 19.5. The lowest BCUT2D eigenvalue weighted by Crippen LogP contribution is -2.22. The standard InChI is InChI=1S/C54H36N2O/c1-54(47-26-10-7-20-41(47)42-21-8-11-27-48(42)54)39-18-13-17-38(33-39)35-29-31-36(32-30-35)49-34-50(56-53(55-49)37-15-3-2-4-16-37)43-22-6-5-19-40(43)45-24-14-25-46-44-23-9-12-28-51(44)57-52(45)46/h2-34H,1H3. The lowest BCUT2D eigenvalue weighted by molar-refractivity contribution is 0.670. The van der Waals surface area contributed by atoms with Crippen LogP contribution in [-0.4, -0.2) is 9.97 Å². The highest BCUT2D eigenvalue weighted by Crippen LogP contribution is 2.52. The molecule has 8 aromatic carbocycles. The van der Waals surface area contributed by atoms with Gasteiger partial charge in [0.1, 0.15) is 11.2 Å². The van der Waals surface area contributed by atoms with E-state index in [0.717, 1.165) is 66.7 Å². The fraction of sp³-hybridized carbons (Fsp3) is 0.0370. The largest absolute Gasteiger partial charge is 0.455 e. The Morgan fingerprint density at radius 1 is 0.386 bits per heavy atom. The summed E-state index contributed by atoms with van der Waals surface area (Å²) in [5, 5.41) is 2.21. The minimum atomic E-state index is -0.249. The van der Waals surface area contributed by atoms with Crippen LogP contribution in [0.3, 0.4) is 0 Å². The van der Waals surface area contributed by atoms with Gasteiger partial charge in [0.05, 0.1) is 11.4 Å². The van der Waals surface area contributed by atoms with Gasteiger partial charge in [-0.15, -0.1) is 0 Å². The molecule has 1 aliphatic rings. The molecule has 0 unspecified atom stereocenters. The van der Waals surface area contributed by atoms with E-state index in [2.05, 4.69) is 177 Å². The molecular formula is C54H36N2O. The Hall–Kier alpha value is -7.36. The van der Waals surface area contributed by atoms with Crippen molar-refractivity contribution in [1.29, 1.82) is 0 Å². The van der Waals surface area contributed by atoms with Crippen LogP contribution in [0.4, 0.5) is 0 Å². The first kappa shape index (κ1) is 33.0. The van der Waals surface area contributed by atoms with Crippen molar-refractivity contribution >= 4 is 21.9 Å². The van der Waals surface area contributed by atoms with Gasteiger partial charge in [-0.25, -0.2) is 9.97 Å². The van der Waals surface area contributed by atoms with E-state index in [9.17, 15) is 0 Å². The summed E-state index contributed by atoms with van der Waals surface area (Å²) in [6.07, 6.45) is 0. The highest BCUT2D eigenvalue weighted by molar-refractivity contribution is 6.10. The van der Waals surface area contributed by atoms with Gasteiger partial charge < -0.3 is 4.42 Å². The number of hydrogen-bond acceptors (Lipinski definition) is 3. The molecule has 268 valence electrons. The monoisotopic (exact) mass is 728 g/mol. The molecule has 0 fully saturated rings. The summed E-state index contributed by atoms with van der Waals surface area (Å²) < 4.78 is 6.50. The molecule has 2 aromatic heterocycles. The first-order valence-corrected chi connectivity index (χ1v) is 19.5. The second-order valence-electron chi connectivity index (χ2n) is 15.0. The van der Waals surface area contributed by atoms with Gasteiger partial charge in [-0.1, -0.05) is 182 Å². The van der Waals surface area contributed by atoms with E-state index in [0.29, 0.717) is 5.82 Å². The van der Waals surface area contributed by atoms with Gasteiger partial charge in [-0.2, -0.15) is 0 Å². The normalized spacial score (nSPS) is 12.8. The van der Waals surface area contributed by atoms with Crippen molar-refractivity contribution in [2.75, 3.05) is 0 Å². The van der Waals surface area contributed by atoms with Crippen molar-refractivity contribution < 1.29 is 4.42 Å². The molecule has 0 saturated carbocycles. The van der Waals surface area contributed by atoms with E-state index in [1.165, 1.54) is 33.4 Å². The molecule has 0 aliphatic heterocycles. The molecule has 0 bridgehead atoms. The van der Waals surface area contributed by atoms with Gasteiger partial charge in [0, 0.05) is 38.4 Å². The quantitative estimate of drug-likeness (QED) is 0.171. The molecule has 1 aliphatic carbocycles. The van der Waals surface area contributed by atoms with Crippen LogP contribution in [-0.2, 0) is 5.41 Å². The Bertz CT molecular complexity index is 3090. The number of nitrogens with zero attached hydrogens (tertiary/aromatic N) is 2. The molecular weight excluding hydrogens is 693 g/mol. The third-order valence-electron chi connectivity index (χ3n) is 11.8. The van der Waals surface area contributed by atoms with E-state index in [4.69, 9.17) is 14.4 Å². The number of hydrogen-bond donors (Lipinski definition) is 0. The second kappa shape index (κ2) is 13.1. The summed E-state index contributed by atoms with van der Waals surface area (Å²) in [6.45, 7) is 2.37. The van der Waals surface area contributed by atoms with Gasteiger partial charge in [-0.3, -0.25) is 0 Å². The molecule has 57 heavy (non-hydrogen) atoms. The van der Waals surface area contributed by atoms with Crippen LogP contribution in [0.1, 0.15) is 23.6 Å². The summed E-state index contributed by atoms with van der Waals surface area (Å²) >= 11 is 0. The van der Waals surface area contributed by atoms with E-state index in [1.54, 1.807) is 0 Å². The number of aromatic nitrogens is 2. The molecule has 3 heteroatoms. The first-order chi connectivity index (χ1) is 28.1. The lowest BCUT2D eigenvalue weighted by Gasteiger charge is -2.28. The van der Waals surface area contributed by atoms with E-state index in [1.807, 2.05) is 30.3 Å². The summed E-state index contributed by atoms with van der Waals surface area (Å²) in [5.41, 5.74) is 17.3. The molecule has 10 aromatic rings. The average Bonchev–Trinajstić information content (AvgIpc) is 3.80. The Kier molecular flexibility index (Phi) is 7.61. The Balaban J connectivity index is 1.00. The van der Waals surface area contributed by atoms with Crippen molar-refractivity contribution in [2.24, 2.45) is 0 Å². The maximum atomic E-state index is 6.50. The van der Waals surface area contributed by atoms with Crippen molar-refractivity contribution in [3.05, 3.63) is 217 Å². The van der Waals surface area contributed by atoms with Crippen molar-refractivity contribution in [1.82, 2.24) is 9.97 Å². The minimum Gasteiger partial charge on any atom is -0.455 e. The zero-order valence-electron chi connectivity index (χ0n) is 31.4.